The minimum Gasteiger partial charge on any atom is -0.499 e. The lowest BCUT2D eigenvalue weighted by Gasteiger charge is -2.00. The largest absolute Gasteiger partial charge is 0.499 e. The molecule has 1 rings (SSSR count). The molecular weight excluding hydrogens is 178 g/mol. The Balaban J connectivity index is 2.62. The van der Waals surface area contributed by atoms with Crippen molar-refractivity contribution in [2.24, 2.45) is 0 Å². The fourth-order valence-electron chi connectivity index (χ4n) is 0.533. The summed E-state index contributed by atoms with van der Waals surface area (Å²) in [6.07, 6.45) is 9.52. The van der Waals surface area contributed by atoms with Crippen LogP contribution in [-0.2, 0) is 15.5 Å². The van der Waals surface area contributed by atoms with E-state index in [0.29, 0.717) is 0 Å². The SMILES string of the molecule is O=C([O-])[S+]1NC=CC=CC=CO1. The van der Waals surface area contributed by atoms with Crippen molar-refractivity contribution in [2.75, 3.05) is 0 Å². The Morgan fingerprint density at radius 3 is 2.83 bits per heavy atom. The van der Waals surface area contributed by atoms with Crippen LogP contribution in [0.4, 0.5) is 4.79 Å². The molecule has 1 aliphatic heterocycles. The third-order valence-electron chi connectivity index (χ3n) is 0.986. The van der Waals surface area contributed by atoms with E-state index in [1.54, 1.807) is 24.3 Å². The van der Waals surface area contributed by atoms with Crippen molar-refractivity contribution < 1.29 is 14.1 Å². The average Bonchev–Trinajstić information content (AvgIpc) is 2.15. The Morgan fingerprint density at radius 2 is 2.08 bits per heavy atom. The molecule has 0 spiro atoms. The van der Waals surface area contributed by atoms with Crippen molar-refractivity contribution in [1.29, 1.82) is 0 Å². The molecular formula is C7H7NO3S. The van der Waals surface area contributed by atoms with E-state index in [-0.39, 0.29) is 0 Å². The summed E-state index contributed by atoms with van der Waals surface area (Å²) in [6.45, 7) is 0. The van der Waals surface area contributed by atoms with Crippen LogP contribution >= 0.6 is 0 Å². The van der Waals surface area contributed by atoms with E-state index in [0.717, 1.165) is 0 Å². The first kappa shape index (κ1) is 8.73. The number of rotatable bonds is 0. The van der Waals surface area contributed by atoms with Crippen molar-refractivity contribution in [3.63, 3.8) is 0 Å². The summed E-state index contributed by atoms with van der Waals surface area (Å²) < 4.78 is 7.32. The van der Waals surface area contributed by atoms with Crippen LogP contribution in [0.1, 0.15) is 0 Å². The monoisotopic (exact) mass is 185 g/mol. The predicted octanol–water partition coefficient (Wildman–Crippen LogP) is -0.0186. The number of carbonyl (C=O) groups excluding carboxylic acids is 1. The highest BCUT2D eigenvalue weighted by Crippen LogP contribution is 1.97. The molecule has 0 radical (unpaired) electrons. The van der Waals surface area contributed by atoms with Gasteiger partial charge in [0.15, 0.2) is 6.26 Å². The average molecular weight is 185 g/mol. The highest BCUT2D eigenvalue weighted by molar-refractivity contribution is 8.04. The van der Waals surface area contributed by atoms with Gasteiger partial charge in [-0.15, -0.1) is 0 Å². The van der Waals surface area contributed by atoms with E-state index < -0.39 is 16.7 Å². The molecule has 1 unspecified atom stereocenters. The smallest absolute Gasteiger partial charge is 0.373 e. The van der Waals surface area contributed by atoms with Gasteiger partial charge in [-0.2, -0.15) is 4.72 Å². The lowest BCUT2D eigenvalue weighted by molar-refractivity contribution is -0.233. The zero-order chi connectivity index (χ0) is 8.81. The molecule has 1 heterocycles. The number of nitrogens with one attached hydrogen (secondary N) is 1. The molecule has 0 saturated carbocycles. The van der Waals surface area contributed by atoms with E-state index >= 15 is 0 Å². The van der Waals surface area contributed by atoms with Crippen LogP contribution in [0.25, 0.3) is 0 Å². The van der Waals surface area contributed by atoms with E-state index in [2.05, 4.69) is 4.72 Å². The van der Waals surface area contributed by atoms with Crippen LogP contribution in [0.3, 0.4) is 0 Å². The maximum atomic E-state index is 10.4. The molecule has 5 heteroatoms. The minimum atomic E-state index is -1.39. The third-order valence-corrected chi connectivity index (χ3v) is 1.94. The Labute approximate surface area is 72.9 Å². The van der Waals surface area contributed by atoms with Crippen LogP contribution in [0.5, 0.6) is 0 Å². The van der Waals surface area contributed by atoms with Crippen LogP contribution < -0.4 is 9.83 Å². The second-order valence-electron chi connectivity index (χ2n) is 1.81. The molecule has 4 nitrogen and oxygen atoms in total. The number of carbonyl (C=O) groups is 1. The van der Waals surface area contributed by atoms with Gasteiger partial charge in [0.05, 0.1) is 0 Å². The van der Waals surface area contributed by atoms with Gasteiger partial charge in [-0.05, 0) is 12.2 Å². The van der Waals surface area contributed by atoms with Crippen LogP contribution in [-0.4, -0.2) is 5.30 Å². The summed E-state index contributed by atoms with van der Waals surface area (Å²) in [5.74, 6) is 0. The van der Waals surface area contributed by atoms with Gasteiger partial charge in [-0.1, -0.05) is 12.2 Å². The summed E-state index contributed by atoms with van der Waals surface area (Å²) in [5.41, 5.74) is 0. The first-order valence-corrected chi connectivity index (χ1v) is 4.32. The number of allylic oxidation sites excluding steroid dienone is 4. The number of hydrogen-bond donors (Lipinski definition) is 1. The topological polar surface area (TPSA) is 61.4 Å². The first-order valence-electron chi connectivity index (χ1n) is 3.17. The molecule has 0 amide bonds. The highest BCUT2D eigenvalue weighted by atomic mass is 32.2. The lowest BCUT2D eigenvalue weighted by Crippen LogP contribution is -2.38. The highest BCUT2D eigenvalue weighted by Gasteiger charge is 2.22. The Morgan fingerprint density at radius 1 is 1.33 bits per heavy atom. The quantitative estimate of drug-likeness (QED) is 0.539. The molecule has 0 aliphatic carbocycles. The molecule has 0 aromatic heterocycles. The molecule has 0 aromatic rings. The number of hydrogen-bond acceptors (Lipinski definition) is 4. The first-order chi connectivity index (χ1) is 5.80. The van der Waals surface area contributed by atoms with E-state index in [1.807, 2.05) is 0 Å². The van der Waals surface area contributed by atoms with E-state index in [9.17, 15) is 9.90 Å². The van der Waals surface area contributed by atoms with Crippen LogP contribution in [0, 0.1) is 0 Å². The van der Waals surface area contributed by atoms with Gasteiger partial charge in [0, 0.05) is 6.20 Å². The Hall–Kier alpha value is -1.36. The summed E-state index contributed by atoms with van der Waals surface area (Å²) in [7, 11) is 0. The lowest BCUT2D eigenvalue weighted by atomic mass is 10.5. The van der Waals surface area contributed by atoms with Crippen molar-refractivity contribution in [3.8, 4) is 0 Å². The van der Waals surface area contributed by atoms with Crippen LogP contribution in [0.2, 0.25) is 0 Å². The zero-order valence-electron chi connectivity index (χ0n) is 6.10. The van der Waals surface area contributed by atoms with Crippen molar-refractivity contribution in [3.05, 3.63) is 36.8 Å². The molecule has 0 fully saturated rings. The molecule has 1 aliphatic rings. The summed E-state index contributed by atoms with van der Waals surface area (Å²) in [5, 5.41) is 9.09. The van der Waals surface area contributed by atoms with Crippen LogP contribution in [0.15, 0.2) is 36.8 Å². The summed E-state index contributed by atoms with van der Waals surface area (Å²) in [6, 6.07) is 0. The van der Waals surface area contributed by atoms with Crippen molar-refractivity contribution >= 4 is 16.7 Å². The molecule has 1 N–H and O–H groups in total. The maximum absolute atomic E-state index is 10.4. The summed E-state index contributed by atoms with van der Waals surface area (Å²) in [4.78, 5) is 10.4. The van der Waals surface area contributed by atoms with Gasteiger partial charge in [0.1, 0.15) is 0 Å². The minimum absolute atomic E-state index is 1.27. The van der Waals surface area contributed by atoms with E-state index in [4.69, 9.17) is 4.18 Å². The molecule has 64 valence electrons. The predicted molar refractivity (Wildman–Crippen MR) is 44.4 cm³/mol. The Bertz CT molecular complexity index is 229. The molecule has 12 heavy (non-hydrogen) atoms. The third kappa shape index (κ3) is 2.71. The van der Waals surface area contributed by atoms with Gasteiger partial charge in [0.2, 0.25) is 0 Å². The maximum Gasteiger partial charge on any atom is 0.373 e. The van der Waals surface area contributed by atoms with Gasteiger partial charge in [0.25, 0.3) is 0 Å². The normalized spacial score (nSPS) is 21.5. The Kier molecular flexibility index (Phi) is 3.28. The summed E-state index contributed by atoms with van der Waals surface area (Å²) >= 11 is -1.39. The number of carboxylic acid groups (broad SMARTS) is 1. The fraction of sp³-hybridized carbons (Fsp3) is 0. The molecule has 0 aromatic carbocycles. The zero-order valence-corrected chi connectivity index (χ0v) is 6.91. The fourth-order valence-corrected chi connectivity index (χ4v) is 1.14. The van der Waals surface area contributed by atoms with Gasteiger partial charge in [-0.3, -0.25) is 4.18 Å². The van der Waals surface area contributed by atoms with Gasteiger partial charge >= 0.3 is 16.7 Å². The molecule has 0 saturated heterocycles. The van der Waals surface area contributed by atoms with E-state index in [1.165, 1.54) is 12.5 Å². The molecule has 0 bridgehead atoms. The molecule has 1 atom stereocenters. The van der Waals surface area contributed by atoms with Crippen molar-refractivity contribution in [2.45, 2.75) is 0 Å². The van der Waals surface area contributed by atoms with Crippen molar-refractivity contribution in [1.82, 2.24) is 4.72 Å². The second kappa shape index (κ2) is 4.50. The van der Waals surface area contributed by atoms with Gasteiger partial charge < -0.3 is 9.90 Å². The van der Waals surface area contributed by atoms with Gasteiger partial charge in [-0.25, -0.2) is 0 Å². The second-order valence-corrected chi connectivity index (χ2v) is 3.10. The standard InChI is InChI=1S/C7H7NO3S/c9-7(10)12-8-5-3-1-2-4-6-11-12/h1-6,8H.